The summed E-state index contributed by atoms with van der Waals surface area (Å²) in [4.78, 5) is 14.3. The minimum Gasteiger partial charge on any atom is -0.490 e. The third kappa shape index (κ3) is 6.88. The number of ether oxygens (including phenoxy) is 2. The van der Waals surface area contributed by atoms with E-state index in [1.54, 1.807) is 6.07 Å². The predicted molar refractivity (Wildman–Crippen MR) is 116 cm³/mol. The lowest BCUT2D eigenvalue weighted by Crippen LogP contribution is -2.37. The molecule has 0 saturated carbocycles. The highest BCUT2D eigenvalue weighted by molar-refractivity contribution is 5.78. The molecule has 2 aromatic carbocycles. The zero-order chi connectivity index (χ0) is 23.0. The van der Waals surface area contributed by atoms with E-state index >= 15 is 0 Å². The maximum Gasteiger partial charge on any atom is 0.416 e. The minimum absolute atomic E-state index is 0.0640. The molecule has 0 saturated heterocycles. The molecule has 0 bridgehead atoms. The molecule has 174 valence electrons. The quantitative estimate of drug-likeness (QED) is 0.728. The molecular formula is C24H29F3N2O3. The summed E-state index contributed by atoms with van der Waals surface area (Å²) < 4.78 is 51.3. The van der Waals surface area contributed by atoms with Gasteiger partial charge in [-0.25, -0.2) is 0 Å². The zero-order valence-electron chi connectivity index (χ0n) is 18.2. The Labute approximate surface area is 186 Å². The lowest BCUT2D eigenvalue weighted by molar-refractivity contribution is -0.137. The Kier molecular flexibility index (Phi) is 8.39. The maximum absolute atomic E-state index is 13.2. The van der Waals surface area contributed by atoms with Crippen LogP contribution in [0.5, 0.6) is 11.5 Å². The fourth-order valence-electron chi connectivity index (χ4n) is 3.70. The van der Waals surface area contributed by atoms with Crippen molar-refractivity contribution >= 4 is 5.91 Å². The van der Waals surface area contributed by atoms with Crippen LogP contribution in [0.15, 0.2) is 42.5 Å². The van der Waals surface area contributed by atoms with Crippen LogP contribution in [0.3, 0.4) is 0 Å². The first-order chi connectivity index (χ1) is 15.4. The van der Waals surface area contributed by atoms with Crippen LogP contribution in [0, 0.1) is 0 Å². The number of alkyl halides is 3. The summed E-state index contributed by atoms with van der Waals surface area (Å²) in [6.07, 6.45) is -1.81. The van der Waals surface area contributed by atoms with Crippen LogP contribution >= 0.6 is 0 Å². The van der Waals surface area contributed by atoms with Gasteiger partial charge in [-0.1, -0.05) is 30.3 Å². The van der Waals surface area contributed by atoms with Gasteiger partial charge in [-0.05, 0) is 43.9 Å². The normalized spacial score (nSPS) is 16.6. The second-order valence-electron chi connectivity index (χ2n) is 7.78. The topological polar surface area (TPSA) is 50.8 Å². The molecule has 32 heavy (non-hydrogen) atoms. The Morgan fingerprint density at radius 1 is 1.09 bits per heavy atom. The first-order valence-corrected chi connectivity index (χ1v) is 10.9. The van der Waals surface area contributed by atoms with Crippen molar-refractivity contribution in [1.82, 2.24) is 10.2 Å². The summed E-state index contributed by atoms with van der Waals surface area (Å²) in [5.41, 5.74) is 0.614. The van der Waals surface area contributed by atoms with Crippen LogP contribution < -0.4 is 14.8 Å². The monoisotopic (exact) mass is 450 g/mol. The van der Waals surface area contributed by atoms with Gasteiger partial charge >= 0.3 is 6.18 Å². The molecule has 0 atom stereocenters. The number of amides is 1. The number of benzene rings is 2. The zero-order valence-corrected chi connectivity index (χ0v) is 18.2. The van der Waals surface area contributed by atoms with Gasteiger partial charge < -0.3 is 14.8 Å². The molecule has 1 aliphatic rings. The smallest absolute Gasteiger partial charge is 0.416 e. The number of hydrogen-bond donors (Lipinski definition) is 1. The Morgan fingerprint density at radius 3 is 2.69 bits per heavy atom. The molecule has 1 heterocycles. The van der Waals surface area contributed by atoms with Crippen LogP contribution in [-0.2, 0) is 24.1 Å². The van der Waals surface area contributed by atoms with Crippen molar-refractivity contribution in [2.45, 2.75) is 45.5 Å². The highest BCUT2D eigenvalue weighted by Gasteiger charge is 2.30. The van der Waals surface area contributed by atoms with Crippen LogP contribution in [-0.4, -0.2) is 37.1 Å². The summed E-state index contributed by atoms with van der Waals surface area (Å²) in [7, 11) is 0. The number of rotatable bonds is 4. The number of hydrogen-bond acceptors (Lipinski definition) is 4. The largest absolute Gasteiger partial charge is 0.490 e. The molecule has 3 rings (SSSR count). The van der Waals surface area contributed by atoms with Crippen LogP contribution in [0.2, 0.25) is 0 Å². The average molecular weight is 451 g/mol. The van der Waals surface area contributed by atoms with Gasteiger partial charge in [0.05, 0.1) is 25.3 Å². The third-order valence-corrected chi connectivity index (χ3v) is 5.17. The lowest BCUT2D eigenvalue weighted by atomic mass is 10.1. The molecule has 0 aliphatic carbocycles. The second-order valence-corrected chi connectivity index (χ2v) is 7.78. The molecule has 5 nitrogen and oxygen atoms in total. The number of fused-ring (bicyclic) bond motifs is 1. The first kappa shape index (κ1) is 23.9. The Morgan fingerprint density at radius 2 is 1.91 bits per heavy atom. The van der Waals surface area contributed by atoms with E-state index in [2.05, 4.69) is 5.32 Å². The molecule has 2 aromatic rings. The molecule has 0 unspecified atom stereocenters. The second kappa shape index (κ2) is 11.2. The van der Waals surface area contributed by atoms with Crippen molar-refractivity contribution in [1.29, 1.82) is 0 Å². The maximum atomic E-state index is 13.2. The van der Waals surface area contributed by atoms with E-state index in [0.717, 1.165) is 37.0 Å². The van der Waals surface area contributed by atoms with Crippen molar-refractivity contribution in [3.8, 4) is 11.5 Å². The van der Waals surface area contributed by atoms with E-state index in [1.165, 1.54) is 6.07 Å². The van der Waals surface area contributed by atoms with E-state index in [-0.39, 0.29) is 19.0 Å². The number of halogens is 3. The van der Waals surface area contributed by atoms with Crippen LogP contribution in [0.4, 0.5) is 13.2 Å². The summed E-state index contributed by atoms with van der Waals surface area (Å²) in [6.45, 7) is 4.05. The Hall–Kier alpha value is -2.74. The highest BCUT2D eigenvalue weighted by Crippen LogP contribution is 2.33. The van der Waals surface area contributed by atoms with Gasteiger partial charge in [0.2, 0.25) is 5.91 Å². The van der Waals surface area contributed by atoms with Gasteiger partial charge in [-0.15, -0.1) is 0 Å². The first-order valence-electron chi connectivity index (χ1n) is 10.9. The number of nitrogens with zero attached hydrogens (tertiary/aromatic N) is 1. The molecule has 0 radical (unpaired) electrons. The van der Waals surface area contributed by atoms with Crippen molar-refractivity contribution in [3.63, 3.8) is 0 Å². The van der Waals surface area contributed by atoms with Gasteiger partial charge in [0.15, 0.2) is 11.5 Å². The van der Waals surface area contributed by atoms with Gasteiger partial charge in [0.1, 0.15) is 0 Å². The van der Waals surface area contributed by atoms with E-state index in [9.17, 15) is 18.0 Å². The number of carbonyl (C=O) groups excluding carboxylic acids is 1. The van der Waals surface area contributed by atoms with Crippen molar-refractivity contribution in [2.24, 2.45) is 0 Å². The molecule has 1 N–H and O–H groups in total. The average Bonchev–Trinajstić information content (AvgIpc) is 2.75. The van der Waals surface area contributed by atoms with Crippen molar-refractivity contribution in [3.05, 3.63) is 59.2 Å². The van der Waals surface area contributed by atoms with Crippen molar-refractivity contribution < 1.29 is 27.4 Å². The standard InChI is InChI=1S/C24H29F3N2O3/c1-2-31-21-11-7-9-19-16-29(15-18-8-6-10-20(14-18)24(25,26)27)17-22(30)28-12-4-3-5-13-32-23(19)21/h6-11,14H,2-5,12-13,15-17H2,1H3,(H,28,30). The van der Waals surface area contributed by atoms with Crippen LogP contribution in [0.1, 0.15) is 42.9 Å². The van der Waals surface area contributed by atoms with Gasteiger partial charge in [0, 0.05) is 25.2 Å². The Bertz CT molecular complexity index is 902. The summed E-state index contributed by atoms with van der Waals surface area (Å²) >= 11 is 0. The van der Waals surface area contributed by atoms with Gasteiger partial charge in [0.25, 0.3) is 0 Å². The highest BCUT2D eigenvalue weighted by atomic mass is 19.4. The van der Waals surface area contributed by atoms with Crippen molar-refractivity contribution in [2.75, 3.05) is 26.3 Å². The number of carbonyl (C=O) groups is 1. The van der Waals surface area contributed by atoms with E-state index in [0.29, 0.717) is 43.4 Å². The lowest BCUT2D eigenvalue weighted by Gasteiger charge is -2.24. The predicted octanol–water partition coefficient (Wildman–Crippen LogP) is 4.79. The minimum atomic E-state index is -4.42. The fourth-order valence-corrected chi connectivity index (χ4v) is 3.70. The molecule has 0 spiro atoms. The van der Waals surface area contributed by atoms with Gasteiger partial charge in [-0.3, -0.25) is 9.69 Å². The van der Waals surface area contributed by atoms with E-state index in [4.69, 9.17) is 9.47 Å². The van der Waals surface area contributed by atoms with E-state index < -0.39 is 11.7 Å². The molecule has 8 heteroatoms. The van der Waals surface area contributed by atoms with Gasteiger partial charge in [-0.2, -0.15) is 13.2 Å². The fraction of sp³-hybridized carbons (Fsp3) is 0.458. The summed E-state index contributed by atoms with van der Waals surface area (Å²) in [5.74, 6) is 1.10. The molecule has 0 aromatic heterocycles. The molecule has 1 aliphatic heterocycles. The SMILES string of the molecule is CCOc1cccc2c1OCCCCCNC(=O)CN(Cc1cccc(C(F)(F)F)c1)C2. The Balaban J connectivity index is 1.90. The number of nitrogens with one attached hydrogen (secondary N) is 1. The van der Waals surface area contributed by atoms with E-state index in [1.807, 2.05) is 30.0 Å². The molecular weight excluding hydrogens is 421 g/mol. The molecule has 0 fully saturated rings. The molecule has 1 amide bonds. The summed E-state index contributed by atoms with van der Waals surface area (Å²) in [6, 6.07) is 10.8. The third-order valence-electron chi connectivity index (χ3n) is 5.17. The number of para-hydroxylation sites is 1. The summed E-state index contributed by atoms with van der Waals surface area (Å²) in [5, 5.41) is 2.90. The van der Waals surface area contributed by atoms with Crippen LogP contribution in [0.25, 0.3) is 0 Å².